The average molecular weight is 475 g/mol. The maximum Gasteiger partial charge on any atom is 0.303 e. The highest BCUT2D eigenvalue weighted by atomic mass is 16.5. The Balaban J connectivity index is 1.74. The maximum absolute atomic E-state index is 12.3. The van der Waals surface area contributed by atoms with Crippen molar-refractivity contribution in [2.24, 2.45) is 0 Å². The van der Waals surface area contributed by atoms with E-state index in [2.05, 4.69) is 0 Å². The summed E-state index contributed by atoms with van der Waals surface area (Å²) in [4.78, 5) is 24.7. The van der Waals surface area contributed by atoms with Crippen molar-refractivity contribution in [2.75, 3.05) is 0 Å². The van der Waals surface area contributed by atoms with Gasteiger partial charge in [0.1, 0.15) is 0 Å². The van der Waals surface area contributed by atoms with Gasteiger partial charge in [0, 0.05) is 36.1 Å². The van der Waals surface area contributed by atoms with Crippen LogP contribution < -0.4 is 0 Å². The van der Waals surface area contributed by atoms with E-state index < -0.39 is 24.1 Å². The van der Waals surface area contributed by atoms with Crippen LogP contribution in [0.4, 0.5) is 0 Å². The van der Waals surface area contributed by atoms with Gasteiger partial charge in [0.25, 0.3) is 0 Å². The molecule has 4 heteroatoms. The lowest BCUT2D eigenvalue weighted by molar-refractivity contribution is -0.146. The highest BCUT2D eigenvalue weighted by Crippen LogP contribution is 2.40. The molecule has 0 spiro atoms. The van der Waals surface area contributed by atoms with Crippen LogP contribution in [-0.4, -0.2) is 11.9 Å². The number of hydrogen-bond acceptors (Lipinski definition) is 4. The third-order valence-electron chi connectivity index (χ3n) is 6.34. The topological polar surface area (TPSA) is 52.6 Å². The zero-order valence-electron chi connectivity index (χ0n) is 20.2. The quantitative estimate of drug-likeness (QED) is 0.242. The molecule has 0 aliphatic rings. The van der Waals surface area contributed by atoms with Crippen molar-refractivity contribution in [3.63, 3.8) is 0 Å². The molecule has 0 amide bonds. The first-order chi connectivity index (χ1) is 17.5. The maximum atomic E-state index is 12.3. The summed E-state index contributed by atoms with van der Waals surface area (Å²) in [6, 6.07) is 35.7. The molecule has 0 radical (unpaired) electrons. The lowest BCUT2D eigenvalue weighted by Crippen LogP contribution is -2.17. The fourth-order valence-electron chi connectivity index (χ4n) is 4.87. The average Bonchev–Trinajstić information content (AvgIpc) is 2.90. The molecule has 2 unspecified atom stereocenters. The SMILES string of the molecule is CC(=O)OC(c1ccccc1C(OC(C)=O)c1cccc2ccccc12)c1cccc2ccccc12. The monoisotopic (exact) mass is 474 g/mol. The number of fused-ring (bicyclic) bond motifs is 2. The Morgan fingerprint density at radius 3 is 1.22 bits per heavy atom. The summed E-state index contributed by atoms with van der Waals surface area (Å²) >= 11 is 0. The molecule has 5 aromatic rings. The number of rotatable bonds is 6. The summed E-state index contributed by atoms with van der Waals surface area (Å²) in [6.45, 7) is 2.82. The van der Waals surface area contributed by atoms with Gasteiger partial charge in [-0.2, -0.15) is 0 Å². The third kappa shape index (κ3) is 4.58. The molecule has 4 nitrogen and oxygen atoms in total. The summed E-state index contributed by atoms with van der Waals surface area (Å²) < 4.78 is 11.9. The van der Waals surface area contributed by atoms with E-state index in [0.717, 1.165) is 43.8 Å². The summed E-state index contributed by atoms with van der Waals surface area (Å²) in [7, 11) is 0. The predicted octanol–water partition coefficient (Wildman–Crippen LogP) is 7.30. The van der Waals surface area contributed by atoms with Crippen LogP contribution in [0.5, 0.6) is 0 Å². The van der Waals surface area contributed by atoms with Crippen molar-refractivity contribution in [1.29, 1.82) is 0 Å². The van der Waals surface area contributed by atoms with Gasteiger partial charge in [-0.15, -0.1) is 0 Å². The smallest absolute Gasteiger partial charge is 0.303 e. The number of hydrogen-bond donors (Lipinski definition) is 0. The van der Waals surface area contributed by atoms with Crippen molar-refractivity contribution in [1.82, 2.24) is 0 Å². The standard InChI is InChI=1S/C32H26O4/c1-21(33)35-31(27-19-9-13-23-11-3-5-15-25(23)27)29-17-7-8-18-30(29)32(36-22(2)34)28-20-10-14-24-12-4-6-16-26(24)28/h3-20,31-32H,1-2H3. The summed E-state index contributed by atoms with van der Waals surface area (Å²) in [5.41, 5.74) is 3.27. The largest absolute Gasteiger partial charge is 0.453 e. The van der Waals surface area contributed by atoms with Crippen LogP contribution >= 0.6 is 0 Å². The molecule has 0 saturated heterocycles. The molecule has 0 aromatic heterocycles. The number of ether oxygens (including phenoxy) is 2. The first kappa shape index (κ1) is 23.3. The fourth-order valence-corrected chi connectivity index (χ4v) is 4.87. The third-order valence-corrected chi connectivity index (χ3v) is 6.34. The molecule has 0 N–H and O–H groups in total. The van der Waals surface area contributed by atoms with Crippen LogP contribution in [0.3, 0.4) is 0 Å². The number of carbonyl (C=O) groups excluding carboxylic acids is 2. The van der Waals surface area contributed by atoms with Crippen LogP contribution in [0.2, 0.25) is 0 Å². The highest BCUT2D eigenvalue weighted by molar-refractivity contribution is 5.88. The molecule has 0 heterocycles. The van der Waals surface area contributed by atoms with Gasteiger partial charge in [0.05, 0.1) is 0 Å². The van der Waals surface area contributed by atoms with Gasteiger partial charge in [-0.1, -0.05) is 109 Å². The normalized spacial score (nSPS) is 12.7. The first-order valence-electron chi connectivity index (χ1n) is 11.9. The van der Waals surface area contributed by atoms with Gasteiger partial charge < -0.3 is 9.47 Å². The van der Waals surface area contributed by atoms with Crippen molar-refractivity contribution in [3.05, 3.63) is 131 Å². The Kier molecular flexibility index (Phi) is 6.50. The minimum absolute atomic E-state index is 0.392. The van der Waals surface area contributed by atoms with Crippen LogP contribution in [0.1, 0.15) is 48.3 Å². The van der Waals surface area contributed by atoms with Gasteiger partial charge in [0.2, 0.25) is 0 Å². The van der Waals surface area contributed by atoms with Crippen molar-refractivity contribution < 1.29 is 19.1 Å². The van der Waals surface area contributed by atoms with Crippen LogP contribution in [0.25, 0.3) is 21.5 Å². The fraction of sp³-hybridized carbons (Fsp3) is 0.125. The van der Waals surface area contributed by atoms with E-state index in [9.17, 15) is 9.59 Å². The minimum Gasteiger partial charge on any atom is -0.453 e. The number of esters is 2. The lowest BCUT2D eigenvalue weighted by Gasteiger charge is -2.27. The van der Waals surface area contributed by atoms with Gasteiger partial charge in [-0.3, -0.25) is 9.59 Å². The van der Waals surface area contributed by atoms with Crippen molar-refractivity contribution in [3.8, 4) is 0 Å². The number of carbonyl (C=O) groups is 2. The lowest BCUT2D eigenvalue weighted by atomic mass is 9.88. The van der Waals surface area contributed by atoms with Gasteiger partial charge in [-0.05, 0) is 21.5 Å². The Morgan fingerprint density at radius 2 is 0.806 bits per heavy atom. The van der Waals surface area contributed by atoms with Gasteiger partial charge in [0.15, 0.2) is 12.2 Å². The highest BCUT2D eigenvalue weighted by Gasteiger charge is 2.28. The van der Waals surface area contributed by atoms with Gasteiger partial charge >= 0.3 is 11.9 Å². The molecule has 0 aliphatic carbocycles. The number of benzene rings is 5. The van der Waals surface area contributed by atoms with E-state index in [1.165, 1.54) is 13.8 Å². The Hall–Kier alpha value is -4.44. The van der Waals surface area contributed by atoms with E-state index in [-0.39, 0.29) is 0 Å². The zero-order chi connectivity index (χ0) is 25.1. The molecule has 0 fully saturated rings. The van der Waals surface area contributed by atoms with Gasteiger partial charge in [-0.25, -0.2) is 0 Å². The molecule has 36 heavy (non-hydrogen) atoms. The Labute approximate surface area is 210 Å². The second-order valence-electron chi connectivity index (χ2n) is 8.74. The van der Waals surface area contributed by atoms with Crippen molar-refractivity contribution >= 4 is 33.5 Å². The molecule has 5 rings (SSSR count). The molecule has 0 aliphatic heterocycles. The van der Waals surface area contributed by atoms with E-state index in [0.29, 0.717) is 0 Å². The molecule has 178 valence electrons. The molecular weight excluding hydrogens is 448 g/mol. The van der Waals surface area contributed by atoms with Crippen molar-refractivity contribution in [2.45, 2.75) is 26.1 Å². The summed E-state index contributed by atoms with van der Waals surface area (Å²) in [5, 5.41) is 4.09. The molecule has 2 atom stereocenters. The molecular formula is C32H26O4. The van der Waals surface area contributed by atoms with E-state index >= 15 is 0 Å². The van der Waals surface area contributed by atoms with E-state index in [1.54, 1.807) is 0 Å². The van der Waals surface area contributed by atoms with E-state index in [4.69, 9.17) is 9.47 Å². The van der Waals surface area contributed by atoms with Crippen LogP contribution in [0, 0.1) is 0 Å². The zero-order valence-corrected chi connectivity index (χ0v) is 20.2. The minimum atomic E-state index is -0.683. The second-order valence-corrected chi connectivity index (χ2v) is 8.74. The summed E-state index contributed by atoms with van der Waals surface area (Å²) in [5.74, 6) is -0.783. The molecule has 0 bridgehead atoms. The first-order valence-corrected chi connectivity index (χ1v) is 11.9. The summed E-state index contributed by atoms with van der Waals surface area (Å²) in [6.07, 6.45) is -1.37. The molecule has 0 saturated carbocycles. The Bertz CT molecular complexity index is 1440. The van der Waals surface area contributed by atoms with Crippen LogP contribution in [-0.2, 0) is 19.1 Å². The predicted molar refractivity (Wildman–Crippen MR) is 142 cm³/mol. The van der Waals surface area contributed by atoms with E-state index in [1.807, 2.05) is 109 Å². The van der Waals surface area contributed by atoms with Crippen LogP contribution in [0.15, 0.2) is 109 Å². The molecule has 5 aromatic carbocycles. The second kappa shape index (κ2) is 10.0. The Morgan fingerprint density at radius 1 is 0.472 bits per heavy atom.